The Bertz CT molecular complexity index is 721. The van der Waals surface area contributed by atoms with Crippen molar-refractivity contribution in [2.75, 3.05) is 6.61 Å². The summed E-state index contributed by atoms with van der Waals surface area (Å²) in [6, 6.07) is 17.6. The second kappa shape index (κ2) is 7.92. The number of carbonyl (C=O) groups is 2. The van der Waals surface area contributed by atoms with Crippen LogP contribution in [-0.4, -0.2) is 37.0 Å². The van der Waals surface area contributed by atoms with E-state index in [1.807, 2.05) is 19.1 Å². The van der Waals surface area contributed by atoms with E-state index >= 15 is 0 Å². The van der Waals surface area contributed by atoms with Gasteiger partial charge in [0.05, 0.1) is 12.7 Å². The maximum absolute atomic E-state index is 12.4. The zero-order chi connectivity index (χ0) is 17.6. The predicted octanol–water partition coefficient (Wildman–Crippen LogP) is 1.93. The summed E-state index contributed by atoms with van der Waals surface area (Å²) >= 11 is 0. The first kappa shape index (κ1) is 17.1. The third kappa shape index (κ3) is 4.43. The number of hydrogen-bond acceptors (Lipinski definition) is 4. The van der Waals surface area contributed by atoms with Crippen LogP contribution in [0.4, 0.5) is 0 Å². The summed E-state index contributed by atoms with van der Waals surface area (Å²) in [6.07, 6.45) is -1.73. The summed E-state index contributed by atoms with van der Waals surface area (Å²) in [5.74, 6) is -0.579. The average molecular weight is 340 g/mol. The van der Waals surface area contributed by atoms with Crippen LogP contribution in [0, 0.1) is 0 Å². The van der Waals surface area contributed by atoms with Gasteiger partial charge in [0.15, 0.2) is 12.5 Å². The largest absolute Gasteiger partial charge is 0.351 e. The molecule has 0 bridgehead atoms. The number of rotatable bonds is 4. The van der Waals surface area contributed by atoms with Gasteiger partial charge in [0.1, 0.15) is 0 Å². The fourth-order valence-electron chi connectivity index (χ4n) is 2.52. The van der Waals surface area contributed by atoms with Gasteiger partial charge in [-0.1, -0.05) is 36.4 Å². The lowest BCUT2D eigenvalue weighted by Gasteiger charge is -2.35. The van der Waals surface area contributed by atoms with Crippen molar-refractivity contribution in [3.8, 4) is 0 Å². The van der Waals surface area contributed by atoms with Gasteiger partial charge in [-0.15, -0.1) is 0 Å². The quantitative estimate of drug-likeness (QED) is 0.892. The number of nitrogens with one attached hydrogen (secondary N) is 2. The van der Waals surface area contributed by atoms with E-state index < -0.39 is 12.5 Å². The topological polar surface area (TPSA) is 76.7 Å². The van der Waals surface area contributed by atoms with Crippen molar-refractivity contribution in [2.45, 2.75) is 25.5 Å². The minimum Gasteiger partial charge on any atom is -0.351 e. The van der Waals surface area contributed by atoms with Gasteiger partial charge in [-0.2, -0.15) is 0 Å². The van der Waals surface area contributed by atoms with Gasteiger partial charge in [0.2, 0.25) is 0 Å². The van der Waals surface area contributed by atoms with Crippen molar-refractivity contribution in [1.82, 2.24) is 10.6 Å². The minimum absolute atomic E-state index is 0.189. The van der Waals surface area contributed by atoms with Crippen LogP contribution in [0.1, 0.15) is 27.6 Å². The summed E-state index contributed by atoms with van der Waals surface area (Å²) < 4.78 is 11.4. The van der Waals surface area contributed by atoms with Gasteiger partial charge in [0, 0.05) is 11.1 Å². The molecule has 3 atom stereocenters. The molecule has 0 spiro atoms. The predicted molar refractivity (Wildman–Crippen MR) is 91.9 cm³/mol. The van der Waals surface area contributed by atoms with Crippen molar-refractivity contribution < 1.29 is 19.1 Å². The first-order chi connectivity index (χ1) is 12.1. The van der Waals surface area contributed by atoms with E-state index in [4.69, 9.17) is 9.47 Å². The molecule has 1 fully saturated rings. The first-order valence-electron chi connectivity index (χ1n) is 8.12. The van der Waals surface area contributed by atoms with Crippen molar-refractivity contribution in [3.63, 3.8) is 0 Å². The zero-order valence-electron chi connectivity index (χ0n) is 13.8. The molecule has 25 heavy (non-hydrogen) atoms. The molecule has 1 saturated heterocycles. The van der Waals surface area contributed by atoms with Crippen molar-refractivity contribution in [1.29, 1.82) is 0 Å². The molecule has 1 heterocycles. The van der Waals surface area contributed by atoms with Crippen molar-refractivity contribution in [3.05, 3.63) is 71.8 Å². The molecule has 2 amide bonds. The monoisotopic (exact) mass is 340 g/mol. The Morgan fingerprint density at radius 2 is 1.32 bits per heavy atom. The zero-order valence-corrected chi connectivity index (χ0v) is 13.8. The Kier molecular flexibility index (Phi) is 5.42. The molecular weight excluding hydrogens is 320 g/mol. The lowest BCUT2D eigenvalue weighted by molar-refractivity contribution is -0.187. The van der Waals surface area contributed by atoms with Gasteiger partial charge >= 0.3 is 0 Å². The Morgan fingerprint density at radius 3 is 1.84 bits per heavy atom. The van der Waals surface area contributed by atoms with E-state index in [0.717, 1.165) is 0 Å². The Morgan fingerprint density at radius 1 is 0.840 bits per heavy atom. The summed E-state index contributed by atoms with van der Waals surface area (Å²) in [7, 11) is 0. The van der Waals surface area contributed by atoms with Crippen LogP contribution < -0.4 is 10.6 Å². The molecule has 1 aliphatic heterocycles. The third-order valence-electron chi connectivity index (χ3n) is 3.78. The van der Waals surface area contributed by atoms with E-state index in [1.165, 1.54) is 0 Å². The molecule has 3 rings (SSSR count). The first-order valence-corrected chi connectivity index (χ1v) is 8.12. The summed E-state index contributed by atoms with van der Waals surface area (Å²) in [6.45, 7) is 2.17. The highest BCUT2D eigenvalue weighted by molar-refractivity contribution is 5.95. The highest BCUT2D eigenvalue weighted by Crippen LogP contribution is 2.13. The van der Waals surface area contributed by atoms with Gasteiger partial charge < -0.3 is 20.1 Å². The van der Waals surface area contributed by atoms with Gasteiger partial charge in [-0.25, -0.2) is 0 Å². The van der Waals surface area contributed by atoms with Crippen LogP contribution in [0.15, 0.2) is 60.7 Å². The van der Waals surface area contributed by atoms with Crippen LogP contribution >= 0.6 is 0 Å². The van der Waals surface area contributed by atoms with E-state index in [2.05, 4.69) is 10.6 Å². The molecule has 6 nitrogen and oxygen atoms in total. The summed E-state index contributed by atoms with van der Waals surface area (Å²) in [5, 5.41) is 5.53. The van der Waals surface area contributed by atoms with E-state index in [1.54, 1.807) is 48.5 Å². The molecule has 2 aromatic rings. The van der Waals surface area contributed by atoms with Crippen LogP contribution in [0.2, 0.25) is 0 Å². The second-order valence-corrected chi connectivity index (χ2v) is 5.80. The number of amides is 2. The van der Waals surface area contributed by atoms with E-state index in [-0.39, 0.29) is 17.9 Å². The highest BCUT2D eigenvalue weighted by Gasteiger charge is 2.33. The minimum atomic E-state index is -0.774. The molecule has 0 radical (unpaired) electrons. The summed E-state index contributed by atoms with van der Waals surface area (Å²) in [4.78, 5) is 24.7. The van der Waals surface area contributed by atoms with Crippen LogP contribution in [0.5, 0.6) is 0 Å². The molecule has 0 aliphatic carbocycles. The number of ether oxygens (including phenoxy) is 2. The molecule has 0 saturated carbocycles. The fourth-order valence-corrected chi connectivity index (χ4v) is 2.52. The maximum Gasteiger partial charge on any atom is 0.253 e. The van der Waals surface area contributed by atoms with Gasteiger partial charge in [-0.05, 0) is 31.2 Å². The van der Waals surface area contributed by atoms with Crippen LogP contribution in [0.3, 0.4) is 0 Å². The molecule has 130 valence electrons. The SMILES string of the molecule is C[C@H]1CO[C@@H](NC(=O)c2ccccc2)[C@H](NC(=O)c2ccccc2)O1. The lowest BCUT2D eigenvalue weighted by atomic mass is 10.2. The fraction of sp³-hybridized carbons (Fsp3) is 0.263. The van der Waals surface area contributed by atoms with Gasteiger partial charge in [0.25, 0.3) is 11.8 Å². The van der Waals surface area contributed by atoms with Crippen LogP contribution in [-0.2, 0) is 9.47 Å². The third-order valence-corrected chi connectivity index (χ3v) is 3.78. The average Bonchev–Trinajstić information content (AvgIpc) is 2.65. The normalized spacial score (nSPS) is 22.8. The maximum atomic E-state index is 12.4. The Balaban J connectivity index is 1.68. The molecule has 6 heteroatoms. The summed E-state index contributed by atoms with van der Waals surface area (Å²) in [5.41, 5.74) is 1.02. The number of carbonyl (C=O) groups excluding carboxylic acids is 2. The smallest absolute Gasteiger partial charge is 0.253 e. The molecule has 1 aliphatic rings. The Hall–Kier alpha value is -2.70. The van der Waals surface area contributed by atoms with Crippen molar-refractivity contribution >= 4 is 11.8 Å². The van der Waals surface area contributed by atoms with Crippen LogP contribution in [0.25, 0.3) is 0 Å². The Labute approximate surface area is 146 Å². The molecule has 2 N–H and O–H groups in total. The highest BCUT2D eigenvalue weighted by atomic mass is 16.6. The second-order valence-electron chi connectivity index (χ2n) is 5.80. The molecular formula is C19H20N2O4. The lowest BCUT2D eigenvalue weighted by Crippen LogP contribution is -2.58. The molecule has 0 aromatic heterocycles. The molecule has 2 aromatic carbocycles. The number of benzene rings is 2. The van der Waals surface area contributed by atoms with E-state index in [9.17, 15) is 9.59 Å². The van der Waals surface area contributed by atoms with Crippen molar-refractivity contribution in [2.24, 2.45) is 0 Å². The van der Waals surface area contributed by atoms with E-state index in [0.29, 0.717) is 17.7 Å². The standard InChI is InChI=1S/C19H20N2O4/c1-13-12-24-18(20-16(22)14-8-4-2-5-9-14)19(25-13)21-17(23)15-10-6-3-7-11-15/h2-11,13,18-19H,12H2,1H3,(H,20,22)(H,21,23)/t13-,18+,19+/m0/s1. The molecule has 0 unspecified atom stereocenters. The number of hydrogen-bond donors (Lipinski definition) is 2. The van der Waals surface area contributed by atoms with Gasteiger partial charge in [-0.3, -0.25) is 9.59 Å².